The molecule has 1 aromatic heterocycles. The topological polar surface area (TPSA) is 76.9 Å². The number of sulfonamides is 1. The first-order chi connectivity index (χ1) is 13.4. The number of nitrogens with zero attached hydrogens (tertiary/aromatic N) is 3. The highest BCUT2D eigenvalue weighted by Crippen LogP contribution is 2.28. The van der Waals surface area contributed by atoms with Crippen molar-refractivity contribution in [2.75, 3.05) is 4.72 Å². The van der Waals surface area contributed by atoms with E-state index < -0.39 is 15.8 Å². The molecule has 0 aliphatic carbocycles. The van der Waals surface area contributed by atoms with Gasteiger partial charge in [0.05, 0.1) is 10.5 Å². The van der Waals surface area contributed by atoms with E-state index in [1.165, 1.54) is 42.5 Å². The van der Waals surface area contributed by atoms with E-state index in [9.17, 15) is 12.8 Å². The molecule has 2 aromatic carbocycles. The number of halogens is 2. The van der Waals surface area contributed by atoms with Crippen LogP contribution in [0.5, 0.6) is 0 Å². The summed E-state index contributed by atoms with van der Waals surface area (Å²) in [4.78, 5) is 0.0686. The molecule has 0 radical (unpaired) electrons. The lowest BCUT2D eigenvalue weighted by Crippen LogP contribution is -2.13. The summed E-state index contributed by atoms with van der Waals surface area (Å²) in [5.74, 6) is 0.773. The van der Waals surface area contributed by atoms with Crippen LogP contribution in [0.25, 0.3) is 11.4 Å². The average Bonchev–Trinajstić information content (AvgIpc) is 2.91. The van der Waals surface area contributed by atoms with Gasteiger partial charge in [-0.1, -0.05) is 18.0 Å². The lowest BCUT2D eigenvalue weighted by Gasteiger charge is -2.11. The van der Waals surface area contributed by atoms with E-state index in [1.54, 1.807) is 0 Å². The van der Waals surface area contributed by atoms with Crippen molar-refractivity contribution in [3.05, 3.63) is 59.1 Å². The summed E-state index contributed by atoms with van der Waals surface area (Å²) in [5, 5.41) is 8.79. The lowest BCUT2D eigenvalue weighted by atomic mass is 10.1. The van der Waals surface area contributed by atoms with E-state index >= 15 is 0 Å². The minimum atomic E-state index is -3.83. The van der Waals surface area contributed by atoms with Gasteiger partial charge in [0, 0.05) is 23.7 Å². The second kappa shape index (κ2) is 7.52. The van der Waals surface area contributed by atoms with Crippen LogP contribution < -0.4 is 4.72 Å². The SMILES string of the molecule is O=S(=O)(Nc1ccc(F)c(-c2nnc3n2CCCCC3)c1)c1ccc(Cl)cc1. The molecule has 9 heteroatoms. The molecule has 6 nitrogen and oxygen atoms in total. The van der Waals surface area contributed by atoms with Gasteiger partial charge in [0.2, 0.25) is 0 Å². The molecule has 28 heavy (non-hydrogen) atoms. The van der Waals surface area contributed by atoms with Crippen molar-refractivity contribution >= 4 is 27.3 Å². The van der Waals surface area contributed by atoms with Gasteiger partial charge in [0.1, 0.15) is 11.6 Å². The molecular weight excluding hydrogens is 403 g/mol. The third-order valence-electron chi connectivity index (χ3n) is 4.69. The third kappa shape index (κ3) is 3.74. The summed E-state index contributed by atoms with van der Waals surface area (Å²) in [7, 11) is -3.83. The molecule has 4 rings (SSSR count). The maximum absolute atomic E-state index is 14.5. The van der Waals surface area contributed by atoms with Crippen molar-refractivity contribution in [1.29, 1.82) is 0 Å². The molecule has 2 heterocycles. The first-order valence-corrected chi connectivity index (χ1v) is 10.8. The first kappa shape index (κ1) is 18.9. The molecule has 0 bridgehead atoms. The van der Waals surface area contributed by atoms with Crippen LogP contribution in [0.1, 0.15) is 25.1 Å². The van der Waals surface area contributed by atoms with E-state index in [1.807, 2.05) is 4.57 Å². The number of hydrogen-bond acceptors (Lipinski definition) is 4. The Morgan fingerprint density at radius 3 is 2.61 bits per heavy atom. The zero-order chi connectivity index (χ0) is 19.7. The number of benzene rings is 2. The van der Waals surface area contributed by atoms with Crippen molar-refractivity contribution in [1.82, 2.24) is 14.8 Å². The average molecular weight is 421 g/mol. The number of hydrogen-bond donors (Lipinski definition) is 1. The molecule has 0 saturated carbocycles. The highest BCUT2D eigenvalue weighted by Gasteiger charge is 2.20. The molecule has 3 aromatic rings. The summed E-state index contributed by atoms with van der Waals surface area (Å²) in [6.07, 6.45) is 3.90. The Morgan fingerprint density at radius 1 is 1.04 bits per heavy atom. The summed E-state index contributed by atoms with van der Waals surface area (Å²) in [6.45, 7) is 0.720. The Morgan fingerprint density at radius 2 is 1.82 bits per heavy atom. The van der Waals surface area contributed by atoms with Crippen LogP contribution in [0.2, 0.25) is 5.02 Å². The van der Waals surface area contributed by atoms with Gasteiger partial charge in [-0.3, -0.25) is 4.72 Å². The Balaban J connectivity index is 1.68. The molecule has 1 N–H and O–H groups in total. The fraction of sp³-hybridized carbons (Fsp3) is 0.263. The van der Waals surface area contributed by atoms with Gasteiger partial charge >= 0.3 is 0 Å². The smallest absolute Gasteiger partial charge is 0.261 e. The minimum absolute atomic E-state index is 0.0686. The Bertz CT molecular complexity index is 1110. The molecule has 0 saturated heterocycles. The van der Waals surface area contributed by atoms with Crippen molar-refractivity contribution < 1.29 is 12.8 Å². The first-order valence-electron chi connectivity index (χ1n) is 8.94. The third-order valence-corrected chi connectivity index (χ3v) is 6.34. The van der Waals surface area contributed by atoms with Gasteiger partial charge in [0.15, 0.2) is 5.82 Å². The van der Waals surface area contributed by atoms with Gasteiger partial charge in [0.25, 0.3) is 10.0 Å². The predicted octanol–water partition coefficient (Wildman–Crippen LogP) is 4.26. The highest BCUT2D eigenvalue weighted by atomic mass is 35.5. The van der Waals surface area contributed by atoms with Crippen LogP contribution in [-0.2, 0) is 23.0 Å². The van der Waals surface area contributed by atoms with Crippen molar-refractivity contribution in [3.63, 3.8) is 0 Å². The molecule has 0 amide bonds. The second-order valence-corrected chi connectivity index (χ2v) is 8.78. The molecule has 0 spiro atoms. The van der Waals surface area contributed by atoms with E-state index in [-0.39, 0.29) is 16.1 Å². The Kier molecular flexibility index (Phi) is 5.07. The van der Waals surface area contributed by atoms with Crippen LogP contribution in [0.15, 0.2) is 47.4 Å². The number of fused-ring (bicyclic) bond motifs is 1. The zero-order valence-corrected chi connectivity index (χ0v) is 16.5. The molecular formula is C19H18ClFN4O2S. The number of anilines is 1. The minimum Gasteiger partial charge on any atom is -0.311 e. The highest BCUT2D eigenvalue weighted by molar-refractivity contribution is 7.92. The number of aromatic nitrogens is 3. The molecule has 1 aliphatic heterocycles. The van der Waals surface area contributed by atoms with E-state index in [2.05, 4.69) is 14.9 Å². The van der Waals surface area contributed by atoms with Gasteiger partial charge in [-0.15, -0.1) is 10.2 Å². The quantitative estimate of drug-likeness (QED) is 0.684. The predicted molar refractivity (Wildman–Crippen MR) is 105 cm³/mol. The van der Waals surface area contributed by atoms with Gasteiger partial charge in [-0.25, -0.2) is 12.8 Å². The molecule has 0 atom stereocenters. The summed E-state index contributed by atoms with van der Waals surface area (Å²) in [5.41, 5.74) is 0.467. The maximum Gasteiger partial charge on any atom is 0.261 e. The van der Waals surface area contributed by atoms with Crippen LogP contribution in [0, 0.1) is 5.82 Å². The fourth-order valence-electron chi connectivity index (χ4n) is 3.27. The summed E-state index contributed by atoms with van der Waals surface area (Å²) < 4.78 is 44.1. The van der Waals surface area contributed by atoms with Crippen molar-refractivity contribution in [3.8, 4) is 11.4 Å². The molecule has 0 unspecified atom stereocenters. The maximum atomic E-state index is 14.5. The number of aryl methyl sites for hydroxylation is 1. The van der Waals surface area contributed by atoms with Crippen LogP contribution >= 0.6 is 11.6 Å². The van der Waals surface area contributed by atoms with Crippen LogP contribution in [-0.4, -0.2) is 23.2 Å². The van der Waals surface area contributed by atoms with Crippen LogP contribution in [0.4, 0.5) is 10.1 Å². The van der Waals surface area contributed by atoms with E-state index in [0.717, 1.165) is 38.1 Å². The van der Waals surface area contributed by atoms with Crippen molar-refractivity contribution in [2.45, 2.75) is 37.1 Å². The van der Waals surface area contributed by atoms with Crippen molar-refractivity contribution in [2.24, 2.45) is 0 Å². The van der Waals surface area contributed by atoms with E-state index in [0.29, 0.717) is 10.8 Å². The standard InChI is InChI=1S/C19H18ClFN4O2S/c20-13-5-8-15(9-6-13)28(26,27)24-14-7-10-17(21)16(12-14)19-23-22-18-4-2-1-3-11-25(18)19/h5-10,12,24H,1-4,11H2. The molecule has 0 fully saturated rings. The Hall–Kier alpha value is -2.45. The molecule has 146 valence electrons. The number of nitrogens with one attached hydrogen (secondary N) is 1. The Labute approximate surface area is 167 Å². The monoisotopic (exact) mass is 420 g/mol. The summed E-state index contributed by atoms with van der Waals surface area (Å²) >= 11 is 5.81. The van der Waals surface area contributed by atoms with E-state index in [4.69, 9.17) is 11.6 Å². The number of rotatable bonds is 4. The largest absolute Gasteiger partial charge is 0.311 e. The summed E-state index contributed by atoms with van der Waals surface area (Å²) in [6, 6.07) is 9.88. The zero-order valence-electron chi connectivity index (χ0n) is 14.9. The molecule has 1 aliphatic rings. The normalized spacial score (nSPS) is 14.4. The van der Waals surface area contributed by atoms with Gasteiger partial charge in [-0.05, 0) is 55.3 Å². The van der Waals surface area contributed by atoms with Gasteiger partial charge < -0.3 is 4.57 Å². The second-order valence-electron chi connectivity index (χ2n) is 6.66. The van der Waals surface area contributed by atoms with Gasteiger partial charge in [-0.2, -0.15) is 0 Å². The fourth-order valence-corrected chi connectivity index (χ4v) is 4.45. The lowest BCUT2D eigenvalue weighted by molar-refractivity contribution is 0.601. The van der Waals surface area contributed by atoms with Crippen LogP contribution in [0.3, 0.4) is 0 Å².